The molecule has 0 bridgehead atoms. The first kappa shape index (κ1) is 18.5. The van der Waals surface area contributed by atoms with Crippen molar-refractivity contribution in [2.45, 2.75) is 26.4 Å². The molecular formula is C16H24IN5. The van der Waals surface area contributed by atoms with Crippen LogP contribution < -0.4 is 10.6 Å². The van der Waals surface area contributed by atoms with Gasteiger partial charge in [-0.05, 0) is 12.0 Å². The molecule has 0 aliphatic carbocycles. The molecule has 2 aromatic rings. The summed E-state index contributed by atoms with van der Waals surface area (Å²) in [5.41, 5.74) is 2.39. The first-order valence-electron chi connectivity index (χ1n) is 7.31. The zero-order valence-electron chi connectivity index (χ0n) is 13.1. The van der Waals surface area contributed by atoms with Crippen LogP contribution in [-0.2, 0) is 13.1 Å². The van der Waals surface area contributed by atoms with Gasteiger partial charge in [0.1, 0.15) is 0 Å². The molecular weight excluding hydrogens is 389 g/mol. The number of halogens is 1. The van der Waals surface area contributed by atoms with Gasteiger partial charge in [0.25, 0.3) is 0 Å². The van der Waals surface area contributed by atoms with Crippen molar-refractivity contribution in [1.29, 1.82) is 0 Å². The monoisotopic (exact) mass is 413 g/mol. The van der Waals surface area contributed by atoms with E-state index in [9.17, 15) is 0 Å². The number of hydrogen-bond acceptors (Lipinski definition) is 2. The van der Waals surface area contributed by atoms with Gasteiger partial charge in [0.15, 0.2) is 5.96 Å². The Kier molecular flexibility index (Phi) is 8.57. The van der Waals surface area contributed by atoms with Crippen LogP contribution in [0.1, 0.15) is 24.5 Å². The average Bonchev–Trinajstić information content (AvgIpc) is 2.96. The van der Waals surface area contributed by atoms with E-state index in [0.29, 0.717) is 0 Å². The second-order valence-electron chi connectivity index (χ2n) is 4.88. The maximum atomic E-state index is 4.39. The Hall–Kier alpha value is -1.57. The summed E-state index contributed by atoms with van der Waals surface area (Å²) < 4.78 is 1.95. The van der Waals surface area contributed by atoms with Crippen LogP contribution in [0.3, 0.4) is 0 Å². The van der Waals surface area contributed by atoms with Crippen molar-refractivity contribution >= 4 is 29.9 Å². The number of aliphatic imine (C=N–C) groups is 1. The SMILES string of the molecule is CCCNC(=NC)NCc1cnn(Cc2ccccc2)c1.I. The fraction of sp³-hybridized carbons (Fsp3) is 0.375. The first-order chi connectivity index (χ1) is 10.3. The highest BCUT2D eigenvalue weighted by Gasteiger charge is 2.01. The molecule has 0 spiro atoms. The minimum Gasteiger partial charge on any atom is -0.356 e. The second-order valence-corrected chi connectivity index (χ2v) is 4.88. The highest BCUT2D eigenvalue weighted by molar-refractivity contribution is 14.0. The molecule has 1 aromatic heterocycles. The molecule has 0 radical (unpaired) electrons. The third kappa shape index (κ3) is 6.05. The Morgan fingerprint density at radius 1 is 1.18 bits per heavy atom. The van der Waals surface area contributed by atoms with Crippen LogP contribution in [0.5, 0.6) is 0 Å². The number of hydrogen-bond donors (Lipinski definition) is 2. The number of nitrogens with one attached hydrogen (secondary N) is 2. The molecule has 2 rings (SSSR count). The Morgan fingerprint density at radius 3 is 2.64 bits per heavy atom. The maximum absolute atomic E-state index is 4.39. The van der Waals surface area contributed by atoms with Gasteiger partial charge < -0.3 is 10.6 Å². The predicted molar refractivity (Wildman–Crippen MR) is 102 cm³/mol. The third-order valence-electron chi connectivity index (χ3n) is 3.10. The molecule has 22 heavy (non-hydrogen) atoms. The molecule has 0 fully saturated rings. The summed E-state index contributed by atoms with van der Waals surface area (Å²) in [6.45, 7) is 4.57. The van der Waals surface area contributed by atoms with Gasteiger partial charge in [-0.3, -0.25) is 9.67 Å². The van der Waals surface area contributed by atoms with E-state index in [0.717, 1.165) is 37.6 Å². The largest absolute Gasteiger partial charge is 0.356 e. The second kappa shape index (κ2) is 10.2. The summed E-state index contributed by atoms with van der Waals surface area (Å²) in [6.07, 6.45) is 5.03. The smallest absolute Gasteiger partial charge is 0.191 e. The molecule has 120 valence electrons. The van der Waals surface area contributed by atoms with Crippen molar-refractivity contribution in [2.75, 3.05) is 13.6 Å². The molecule has 5 nitrogen and oxygen atoms in total. The summed E-state index contributed by atoms with van der Waals surface area (Å²) in [5, 5.41) is 10.9. The molecule has 0 unspecified atom stereocenters. The summed E-state index contributed by atoms with van der Waals surface area (Å²) in [6, 6.07) is 10.3. The van der Waals surface area contributed by atoms with E-state index < -0.39 is 0 Å². The Balaban J connectivity index is 0.00000242. The van der Waals surface area contributed by atoms with Gasteiger partial charge in [-0.1, -0.05) is 37.3 Å². The van der Waals surface area contributed by atoms with Gasteiger partial charge in [0, 0.05) is 31.9 Å². The van der Waals surface area contributed by atoms with Crippen LogP contribution >= 0.6 is 24.0 Å². The van der Waals surface area contributed by atoms with E-state index in [1.807, 2.05) is 29.1 Å². The van der Waals surface area contributed by atoms with Gasteiger partial charge >= 0.3 is 0 Å². The maximum Gasteiger partial charge on any atom is 0.191 e. The molecule has 1 aromatic carbocycles. The Labute approximate surface area is 149 Å². The fourth-order valence-electron chi connectivity index (χ4n) is 2.00. The molecule has 0 aliphatic rings. The van der Waals surface area contributed by atoms with Crippen molar-refractivity contribution in [3.8, 4) is 0 Å². The zero-order valence-corrected chi connectivity index (χ0v) is 15.5. The summed E-state index contributed by atoms with van der Waals surface area (Å²) in [5.74, 6) is 0.827. The summed E-state index contributed by atoms with van der Waals surface area (Å²) in [4.78, 5) is 4.18. The average molecular weight is 413 g/mol. The minimum absolute atomic E-state index is 0. The zero-order chi connectivity index (χ0) is 14.9. The molecule has 6 heteroatoms. The van der Waals surface area contributed by atoms with Gasteiger partial charge in [-0.25, -0.2) is 0 Å². The van der Waals surface area contributed by atoms with Crippen molar-refractivity contribution in [3.63, 3.8) is 0 Å². The van der Waals surface area contributed by atoms with Gasteiger partial charge in [-0.15, -0.1) is 24.0 Å². The first-order valence-corrected chi connectivity index (χ1v) is 7.31. The van der Waals surface area contributed by atoms with Gasteiger partial charge in [0.2, 0.25) is 0 Å². The van der Waals surface area contributed by atoms with Crippen molar-refractivity contribution < 1.29 is 0 Å². The van der Waals surface area contributed by atoms with Crippen LogP contribution in [0, 0.1) is 0 Å². The molecule has 0 saturated heterocycles. The van der Waals surface area contributed by atoms with Crippen LogP contribution in [0.15, 0.2) is 47.7 Å². The number of nitrogens with zero attached hydrogens (tertiary/aromatic N) is 3. The number of aromatic nitrogens is 2. The number of guanidine groups is 1. The topological polar surface area (TPSA) is 54.2 Å². The lowest BCUT2D eigenvalue weighted by molar-refractivity contribution is 0.685. The van der Waals surface area contributed by atoms with E-state index in [1.165, 1.54) is 5.56 Å². The van der Waals surface area contributed by atoms with Gasteiger partial charge in [-0.2, -0.15) is 5.10 Å². The minimum atomic E-state index is 0. The number of rotatable bonds is 6. The highest BCUT2D eigenvalue weighted by Crippen LogP contribution is 2.03. The molecule has 0 amide bonds. The summed E-state index contributed by atoms with van der Waals surface area (Å²) >= 11 is 0. The van der Waals surface area contributed by atoms with Crippen LogP contribution in [0.4, 0.5) is 0 Å². The van der Waals surface area contributed by atoms with E-state index in [2.05, 4.69) is 46.0 Å². The lowest BCUT2D eigenvalue weighted by Crippen LogP contribution is -2.37. The van der Waals surface area contributed by atoms with Crippen molar-refractivity contribution in [1.82, 2.24) is 20.4 Å². The quantitative estimate of drug-likeness (QED) is 0.435. The van der Waals surface area contributed by atoms with E-state index in [-0.39, 0.29) is 24.0 Å². The fourth-order valence-corrected chi connectivity index (χ4v) is 2.00. The van der Waals surface area contributed by atoms with E-state index in [4.69, 9.17) is 0 Å². The predicted octanol–water partition coefficient (Wildman–Crippen LogP) is 2.62. The molecule has 2 N–H and O–H groups in total. The van der Waals surface area contributed by atoms with Crippen molar-refractivity contribution in [2.24, 2.45) is 4.99 Å². The van der Waals surface area contributed by atoms with Crippen LogP contribution in [0.25, 0.3) is 0 Å². The van der Waals surface area contributed by atoms with Crippen LogP contribution in [-0.4, -0.2) is 29.3 Å². The highest BCUT2D eigenvalue weighted by atomic mass is 127. The van der Waals surface area contributed by atoms with E-state index in [1.54, 1.807) is 7.05 Å². The standard InChI is InChI=1S/C16H23N5.HI/c1-3-9-18-16(17-2)19-10-15-11-20-21(13-15)12-14-7-5-4-6-8-14;/h4-8,11,13H,3,9-10,12H2,1-2H3,(H2,17,18,19);1H. The Morgan fingerprint density at radius 2 is 1.95 bits per heavy atom. The third-order valence-corrected chi connectivity index (χ3v) is 3.10. The molecule has 0 aliphatic heterocycles. The molecule has 0 saturated carbocycles. The van der Waals surface area contributed by atoms with Crippen molar-refractivity contribution in [3.05, 3.63) is 53.9 Å². The van der Waals surface area contributed by atoms with Gasteiger partial charge in [0.05, 0.1) is 12.7 Å². The number of benzene rings is 1. The molecule has 0 atom stereocenters. The van der Waals surface area contributed by atoms with E-state index >= 15 is 0 Å². The lowest BCUT2D eigenvalue weighted by atomic mass is 10.2. The lowest BCUT2D eigenvalue weighted by Gasteiger charge is -2.09. The summed E-state index contributed by atoms with van der Waals surface area (Å²) in [7, 11) is 1.78. The Bertz CT molecular complexity index is 565. The molecule has 1 heterocycles. The normalized spacial score (nSPS) is 10.9. The van der Waals surface area contributed by atoms with Crippen LogP contribution in [0.2, 0.25) is 0 Å².